The predicted molar refractivity (Wildman–Crippen MR) is 82.7 cm³/mol. The van der Waals surface area contributed by atoms with E-state index in [1.165, 1.54) is 5.56 Å². The van der Waals surface area contributed by atoms with Gasteiger partial charge < -0.3 is 14.8 Å². The van der Waals surface area contributed by atoms with Gasteiger partial charge in [0.25, 0.3) is 0 Å². The Kier molecular flexibility index (Phi) is 4.45. The minimum Gasteiger partial charge on any atom is -0.347 e. The number of nitrogens with one attached hydrogen (secondary N) is 1. The Labute approximate surface area is 128 Å². The van der Waals surface area contributed by atoms with Crippen LogP contribution in [-0.4, -0.2) is 41.5 Å². The third-order valence-electron chi connectivity index (χ3n) is 4.51. The van der Waals surface area contributed by atoms with Gasteiger partial charge in [-0.3, -0.25) is 4.21 Å². The van der Waals surface area contributed by atoms with Crippen molar-refractivity contribution in [2.45, 2.75) is 48.2 Å². The van der Waals surface area contributed by atoms with Crippen LogP contribution in [0.15, 0.2) is 29.2 Å². The largest absolute Gasteiger partial charge is 0.347 e. The molecule has 0 bridgehead atoms. The van der Waals surface area contributed by atoms with Gasteiger partial charge in [-0.1, -0.05) is 17.7 Å². The van der Waals surface area contributed by atoms with E-state index in [0.717, 1.165) is 17.7 Å². The van der Waals surface area contributed by atoms with E-state index < -0.39 is 16.6 Å². The normalized spacial score (nSPS) is 29.6. The number of rotatable bonds is 3. The third-order valence-corrected chi connectivity index (χ3v) is 6.29. The van der Waals surface area contributed by atoms with Gasteiger partial charge in [0.15, 0.2) is 5.79 Å². The Balaban J connectivity index is 1.82. The molecule has 0 amide bonds. The van der Waals surface area contributed by atoms with Gasteiger partial charge in [0.05, 0.1) is 29.3 Å². The van der Waals surface area contributed by atoms with E-state index in [4.69, 9.17) is 9.47 Å². The quantitative estimate of drug-likeness (QED) is 0.927. The lowest BCUT2D eigenvalue weighted by Gasteiger charge is -2.40. The zero-order valence-electron chi connectivity index (χ0n) is 12.6. The SMILES string of the molecule is CNC1CCC2(CC1S(=O)c1ccc(C)cc1)OCCO2. The molecule has 4 nitrogen and oxygen atoms in total. The second-order valence-electron chi connectivity index (χ2n) is 5.89. The van der Waals surface area contributed by atoms with Crippen molar-refractivity contribution in [1.82, 2.24) is 5.32 Å². The summed E-state index contributed by atoms with van der Waals surface area (Å²) < 4.78 is 24.6. The van der Waals surface area contributed by atoms with Gasteiger partial charge in [0.2, 0.25) is 0 Å². The molecule has 3 unspecified atom stereocenters. The predicted octanol–water partition coefficient (Wildman–Crippen LogP) is 1.99. The van der Waals surface area contributed by atoms with Gasteiger partial charge in [-0.15, -0.1) is 0 Å². The zero-order valence-corrected chi connectivity index (χ0v) is 13.4. The summed E-state index contributed by atoms with van der Waals surface area (Å²) in [7, 11) is 0.890. The first-order valence-corrected chi connectivity index (χ1v) is 8.77. The van der Waals surface area contributed by atoms with Gasteiger partial charge in [0, 0.05) is 23.8 Å². The summed E-state index contributed by atoms with van der Waals surface area (Å²) in [5, 5.41) is 3.34. The van der Waals surface area contributed by atoms with Crippen LogP contribution < -0.4 is 5.32 Å². The van der Waals surface area contributed by atoms with Crippen molar-refractivity contribution in [2.24, 2.45) is 0 Å². The highest BCUT2D eigenvalue weighted by Crippen LogP contribution is 2.38. The van der Waals surface area contributed by atoms with E-state index in [1.807, 2.05) is 38.2 Å². The third kappa shape index (κ3) is 3.06. The summed E-state index contributed by atoms with van der Waals surface area (Å²) in [6.07, 6.45) is 2.50. The van der Waals surface area contributed by atoms with Gasteiger partial charge in [-0.05, 0) is 32.5 Å². The molecule has 1 heterocycles. The van der Waals surface area contributed by atoms with Crippen LogP contribution in [0.1, 0.15) is 24.8 Å². The first-order chi connectivity index (χ1) is 10.1. The minimum atomic E-state index is -1.05. The van der Waals surface area contributed by atoms with E-state index in [1.54, 1.807) is 0 Å². The van der Waals surface area contributed by atoms with Crippen molar-refractivity contribution in [3.8, 4) is 0 Å². The molecule has 2 fully saturated rings. The van der Waals surface area contributed by atoms with Crippen molar-refractivity contribution < 1.29 is 13.7 Å². The highest BCUT2D eigenvalue weighted by molar-refractivity contribution is 7.85. The molecular weight excluding hydrogens is 286 g/mol. The average Bonchev–Trinajstić information content (AvgIpc) is 2.95. The first-order valence-electron chi connectivity index (χ1n) is 7.56. The fraction of sp³-hybridized carbons (Fsp3) is 0.625. The first kappa shape index (κ1) is 15.2. The maximum Gasteiger partial charge on any atom is 0.169 e. The molecule has 1 aliphatic heterocycles. The molecule has 0 radical (unpaired) electrons. The molecule has 1 spiro atoms. The molecule has 2 aliphatic rings. The molecule has 1 aromatic carbocycles. The van der Waals surface area contributed by atoms with E-state index in [9.17, 15) is 4.21 Å². The van der Waals surface area contributed by atoms with Crippen LogP contribution >= 0.6 is 0 Å². The molecule has 21 heavy (non-hydrogen) atoms. The lowest BCUT2D eigenvalue weighted by Crippen LogP contribution is -2.51. The van der Waals surface area contributed by atoms with Gasteiger partial charge in [-0.2, -0.15) is 0 Å². The van der Waals surface area contributed by atoms with Crippen LogP contribution in [0.3, 0.4) is 0 Å². The maximum absolute atomic E-state index is 13.0. The zero-order chi connectivity index (χ0) is 14.9. The smallest absolute Gasteiger partial charge is 0.169 e. The monoisotopic (exact) mass is 309 g/mol. The van der Waals surface area contributed by atoms with Crippen LogP contribution in [0.25, 0.3) is 0 Å². The van der Waals surface area contributed by atoms with Gasteiger partial charge in [-0.25, -0.2) is 0 Å². The molecule has 0 aromatic heterocycles. The second kappa shape index (κ2) is 6.16. The average molecular weight is 309 g/mol. The van der Waals surface area contributed by atoms with Crippen molar-refractivity contribution in [2.75, 3.05) is 20.3 Å². The molecule has 3 atom stereocenters. The van der Waals surface area contributed by atoms with E-state index in [2.05, 4.69) is 5.32 Å². The summed E-state index contributed by atoms with van der Waals surface area (Å²) in [5.41, 5.74) is 1.18. The Morgan fingerprint density at radius 1 is 1.24 bits per heavy atom. The number of hydrogen-bond donors (Lipinski definition) is 1. The number of aryl methyl sites for hydroxylation is 1. The standard InChI is InChI=1S/C16H23NO3S/c1-12-3-5-13(6-4-12)21(18)15-11-16(19-9-10-20-16)8-7-14(15)17-2/h3-6,14-15,17H,7-11H2,1-2H3. The van der Waals surface area contributed by atoms with E-state index in [0.29, 0.717) is 19.6 Å². The van der Waals surface area contributed by atoms with Crippen LogP contribution in [0.5, 0.6) is 0 Å². The van der Waals surface area contributed by atoms with Crippen molar-refractivity contribution in [3.63, 3.8) is 0 Å². The highest BCUT2D eigenvalue weighted by Gasteiger charge is 2.46. The van der Waals surface area contributed by atoms with Gasteiger partial charge in [0.1, 0.15) is 0 Å². The lowest BCUT2D eigenvalue weighted by atomic mass is 9.89. The van der Waals surface area contributed by atoms with Crippen LogP contribution in [0, 0.1) is 6.92 Å². The van der Waals surface area contributed by atoms with Crippen LogP contribution in [0.4, 0.5) is 0 Å². The van der Waals surface area contributed by atoms with E-state index >= 15 is 0 Å². The fourth-order valence-corrected chi connectivity index (χ4v) is 5.00. The van der Waals surface area contributed by atoms with Crippen LogP contribution in [-0.2, 0) is 20.3 Å². The maximum atomic E-state index is 13.0. The van der Waals surface area contributed by atoms with Crippen molar-refractivity contribution in [3.05, 3.63) is 29.8 Å². The minimum absolute atomic E-state index is 0.0181. The summed E-state index contributed by atoms with van der Waals surface area (Å²) in [6.45, 7) is 3.33. The second-order valence-corrected chi connectivity index (χ2v) is 7.57. The van der Waals surface area contributed by atoms with E-state index in [-0.39, 0.29) is 11.3 Å². The lowest BCUT2D eigenvalue weighted by molar-refractivity contribution is -0.178. The topological polar surface area (TPSA) is 47.6 Å². The van der Waals surface area contributed by atoms with Crippen LogP contribution in [0.2, 0.25) is 0 Å². The molecule has 1 N–H and O–H groups in total. The summed E-state index contributed by atoms with van der Waals surface area (Å²) >= 11 is 0. The molecule has 1 saturated carbocycles. The summed E-state index contributed by atoms with van der Waals surface area (Å²) in [5.74, 6) is -0.502. The molecule has 5 heteroatoms. The van der Waals surface area contributed by atoms with Gasteiger partial charge >= 0.3 is 0 Å². The highest BCUT2D eigenvalue weighted by atomic mass is 32.2. The van der Waals surface area contributed by atoms with Crippen molar-refractivity contribution in [1.29, 1.82) is 0 Å². The molecule has 3 rings (SSSR count). The fourth-order valence-electron chi connectivity index (χ4n) is 3.27. The Morgan fingerprint density at radius 3 is 2.52 bits per heavy atom. The Hall–Kier alpha value is -0.750. The van der Waals surface area contributed by atoms with Crippen molar-refractivity contribution >= 4 is 10.8 Å². The number of ether oxygens (including phenoxy) is 2. The Morgan fingerprint density at radius 2 is 1.90 bits per heavy atom. The molecular formula is C16H23NO3S. The Bertz CT molecular complexity index is 511. The summed E-state index contributed by atoms with van der Waals surface area (Å²) in [6, 6.07) is 8.21. The molecule has 116 valence electrons. The number of benzene rings is 1. The molecule has 1 aromatic rings. The summed E-state index contributed by atoms with van der Waals surface area (Å²) in [4.78, 5) is 0.890. The molecule has 1 saturated heterocycles. The molecule has 1 aliphatic carbocycles. The number of hydrogen-bond acceptors (Lipinski definition) is 4.